The maximum absolute atomic E-state index is 6.06. The van der Waals surface area contributed by atoms with Crippen molar-refractivity contribution in [2.75, 3.05) is 0 Å². The molecule has 0 radical (unpaired) electrons. The molecule has 66 valence electrons. The van der Waals surface area contributed by atoms with Crippen LogP contribution in [0, 0.1) is 11.3 Å². The molecule has 1 atom stereocenters. The van der Waals surface area contributed by atoms with Crippen molar-refractivity contribution in [2.45, 2.75) is 45.7 Å². The molecule has 0 spiro atoms. The minimum Gasteiger partial charge on any atom is -0.328 e. The molecule has 0 bridgehead atoms. The van der Waals surface area contributed by atoms with Crippen molar-refractivity contribution < 1.29 is 0 Å². The standard InChI is InChI=1S/C9H20N2/c1-9(2,3)8(11)6-4-7(10)5-6/h6-8H,4-5,10-11H2,1-3H3. The summed E-state index contributed by atoms with van der Waals surface area (Å²) in [6, 6.07) is 0.746. The Bertz CT molecular complexity index is 131. The van der Waals surface area contributed by atoms with Crippen LogP contribution in [0.2, 0.25) is 0 Å². The molecule has 0 amide bonds. The largest absolute Gasteiger partial charge is 0.328 e. The third kappa shape index (κ3) is 1.94. The van der Waals surface area contributed by atoms with E-state index in [1.807, 2.05) is 0 Å². The lowest BCUT2D eigenvalue weighted by atomic mass is 9.68. The average Bonchev–Trinajstić information content (AvgIpc) is 1.77. The Morgan fingerprint density at radius 3 is 2.00 bits per heavy atom. The second-order valence-corrected chi connectivity index (χ2v) is 4.88. The Hall–Kier alpha value is -0.0800. The van der Waals surface area contributed by atoms with E-state index in [4.69, 9.17) is 11.5 Å². The quantitative estimate of drug-likeness (QED) is 0.597. The second-order valence-electron chi connectivity index (χ2n) is 4.88. The van der Waals surface area contributed by atoms with E-state index in [0.717, 1.165) is 12.8 Å². The van der Waals surface area contributed by atoms with Gasteiger partial charge in [-0.25, -0.2) is 0 Å². The van der Waals surface area contributed by atoms with Crippen LogP contribution in [0.3, 0.4) is 0 Å². The number of nitrogens with two attached hydrogens (primary N) is 2. The van der Waals surface area contributed by atoms with Crippen LogP contribution in [0.1, 0.15) is 33.6 Å². The molecule has 1 aliphatic rings. The lowest BCUT2D eigenvalue weighted by Crippen LogP contribution is -2.51. The van der Waals surface area contributed by atoms with Gasteiger partial charge in [0.15, 0.2) is 0 Å². The van der Waals surface area contributed by atoms with Crippen molar-refractivity contribution >= 4 is 0 Å². The van der Waals surface area contributed by atoms with Crippen molar-refractivity contribution in [2.24, 2.45) is 22.8 Å². The fourth-order valence-corrected chi connectivity index (χ4v) is 1.71. The molecule has 1 aliphatic carbocycles. The van der Waals surface area contributed by atoms with Gasteiger partial charge in [-0.15, -0.1) is 0 Å². The molecule has 0 aromatic heterocycles. The van der Waals surface area contributed by atoms with E-state index in [-0.39, 0.29) is 5.41 Å². The predicted octanol–water partition coefficient (Wildman–Crippen LogP) is 1.10. The summed E-state index contributed by atoms with van der Waals surface area (Å²) in [5.74, 6) is 0.671. The first-order valence-corrected chi connectivity index (χ1v) is 4.42. The van der Waals surface area contributed by atoms with Crippen molar-refractivity contribution in [1.82, 2.24) is 0 Å². The molecule has 1 saturated carbocycles. The molecule has 11 heavy (non-hydrogen) atoms. The molecule has 2 nitrogen and oxygen atoms in total. The van der Waals surface area contributed by atoms with Crippen LogP contribution in [0.15, 0.2) is 0 Å². The third-order valence-electron chi connectivity index (χ3n) is 2.72. The van der Waals surface area contributed by atoms with Crippen LogP contribution in [0.5, 0.6) is 0 Å². The highest BCUT2D eigenvalue weighted by atomic mass is 14.8. The lowest BCUT2D eigenvalue weighted by molar-refractivity contribution is 0.143. The van der Waals surface area contributed by atoms with Gasteiger partial charge in [0.2, 0.25) is 0 Å². The van der Waals surface area contributed by atoms with E-state index >= 15 is 0 Å². The number of hydrogen-bond acceptors (Lipinski definition) is 2. The van der Waals surface area contributed by atoms with Gasteiger partial charge in [0.1, 0.15) is 0 Å². The third-order valence-corrected chi connectivity index (χ3v) is 2.72. The zero-order valence-corrected chi connectivity index (χ0v) is 7.80. The average molecular weight is 156 g/mol. The second kappa shape index (κ2) is 2.76. The lowest BCUT2D eigenvalue weighted by Gasteiger charge is -2.42. The van der Waals surface area contributed by atoms with Crippen LogP contribution < -0.4 is 11.5 Å². The zero-order chi connectivity index (χ0) is 8.65. The Balaban J connectivity index is 2.38. The molecule has 0 aliphatic heterocycles. The van der Waals surface area contributed by atoms with Crippen LogP contribution >= 0.6 is 0 Å². The fourth-order valence-electron chi connectivity index (χ4n) is 1.71. The summed E-state index contributed by atoms with van der Waals surface area (Å²) in [6.45, 7) is 6.59. The molecule has 0 saturated heterocycles. The molecule has 2 heteroatoms. The molecule has 0 aromatic rings. The molecule has 1 rings (SSSR count). The Labute approximate surface area is 69.3 Å². The maximum Gasteiger partial charge on any atom is 0.0117 e. The summed E-state index contributed by atoms with van der Waals surface area (Å²) < 4.78 is 0. The van der Waals surface area contributed by atoms with E-state index in [9.17, 15) is 0 Å². The van der Waals surface area contributed by atoms with Crippen molar-refractivity contribution in [3.8, 4) is 0 Å². The van der Waals surface area contributed by atoms with Crippen LogP contribution in [-0.2, 0) is 0 Å². The summed E-state index contributed by atoms with van der Waals surface area (Å²) in [5.41, 5.74) is 12.0. The van der Waals surface area contributed by atoms with Gasteiger partial charge in [-0.3, -0.25) is 0 Å². The smallest absolute Gasteiger partial charge is 0.0117 e. The first kappa shape index (κ1) is 9.01. The molecular weight excluding hydrogens is 136 g/mol. The molecule has 0 aromatic carbocycles. The highest BCUT2D eigenvalue weighted by molar-refractivity contribution is 4.93. The number of hydrogen-bond donors (Lipinski definition) is 2. The predicted molar refractivity (Wildman–Crippen MR) is 48.1 cm³/mol. The minimum absolute atomic E-state index is 0.241. The highest BCUT2D eigenvalue weighted by Crippen LogP contribution is 2.35. The SMILES string of the molecule is CC(C)(C)C(N)C1CC(N)C1. The summed E-state index contributed by atoms with van der Waals surface area (Å²) in [6.07, 6.45) is 2.25. The minimum atomic E-state index is 0.241. The van der Waals surface area contributed by atoms with Gasteiger partial charge in [0.25, 0.3) is 0 Å². The van der Waals surface area contributed by atoms with E-state index in [0.29, 0.717) is 18.0 Å². The highest BCUT2D eigenvalue weighted by Gasteiger charge is 2.36. The van der Waals surface area contributed by atoms with Crippen LogP contribution in [0.4, 0.5) is 0 Å². The van der Waals surface area contributed by atoms with Gasteiger partial charge in [-0.2, -0.15) is 0 Å². The topological polar surface area (TPSA) is 52.0 Å². The first-order chi connectivity index (χ1) is 4.91. The Kier molecular flexibility index (Phi) is 2.26. The van der Waals surface area contributed by atoms with Crippen molar-refractivity contribution in [3.63, 3.8) is 0 Å². The van der Waals surface area contributed by atoms with E-state index in [1.54, 1.807) is 0 Å². The first-order valence-electron chi connectivity index (χ1n) is 4.42. The monoisotopic (exact) mass is 156 g/mol. The summed E-state index contributed by atoms with van der Waals surface area (Å²) in [5, 5.41) is 0. The Morgan fingerprint density at radius 2 is 1.73 bits per heavy atom. The van der Waals surface area contributed by atoms with Crippen LogP contribution in [0.25, 0.3) is 0 Å². The fraction of sp³-hybridized carbons (Fsp3) is 1.00. The van der Waals surface area contributed by atoms with Crippen molar-refractivity contribution in [3.05, 3.63) is 0 Å². The van der Waals surface area contributed by atoms with Crippen molar-refractivity contribution in [1.29, 1.82) is 0 Å². The zero-order valence-electron chi connectivity index (χ0n) is 7.80. The summed E-state index contributed by atoms with van der Waals surface area (Å²) in [4.78, 5) is 0. The van der Waals surface area contributed by atoms with Gasteiger partial charge in [-0.05, 0) is 24.2 Å². The summed E-state index contributed by atoms with van der Waals surface area (Å²) >= 11 is 0. The van der Waals surface area contributed by atoms with E-state index in [2.05, 4.69) is 20.8 Å². The molecule has 1 unspecified atom stereocenters. The van der Waals surface area contributed by atoms with Gasteiger partial charge in [-0.1, -0.05) is 20.8 Å². The van der Waals surface area contributed by atoms with Gasteiger partial charge < -0.3 is 11.5 Å². The summed E-state index contributed by atoms with van der Waals surface area (Å²) in [7, 11) is 0. The number of rotatable bonds is 1. The van der Waals surface area contributed by atoms with Gasteiger partial charge in [0.05, 0.1) is 0 Å². The normalized spacial score (nSPS) is 34.6. The van der Waals surface area contributed by atoms with E-state index in [1.165, 1.54) is 0 Å². The Morgan fingerprint density at radius 1 is 1.27 bits per heavy atom. The molecule has 4 N–H and O–H groups in total. The van der Waals surface area contributed by atoms with Gasteiger partial charge >= 0.3 is 0 Å². The maximum atomic E-state index is 6.06. The molecule has 0 heterocycles. The molecular formula is C9H20N2. The van der Waals surface area contributed by atoms with Gasteiger partial charge in [0, 0.05) is 12.1 Å². The van der Waals surface area contributed by atoms with Crippen LogP contribution in [-0.4, -0.2) is 12.1 Å². The molecule has 1 fully saturated rings. The van der Waals surface area contributed by atoms with E-state index < -0.39 is 0 Å².